The number of piperazine rings is 1. The monoisotopic (exact) mass is 515 g/mol. The Morgan fingerprint density at radius 3 is 2.54 bits per heavy atom. The third kappa shape index (κ3) is 6.64. The molecule has 1 saturated heterocycles. The molecule has 6 nitrogen and oxygen atoms in total. The van der Waals surface area contributed by atoms with Crippen LogP contribution in [0.1, 0.15) is 26.3 Å². The second-order valence-corrected chi connectivity index (χ2v) is 10.8. The molecule has 35 heavy (non-hydrogen) atoms. The van der Waals surface area contributed by atoms with Crippen LogP contribution in [0.2, 0.25) is 5.02 Å². The van der Waals surface area contributed by atoms with E-state index >= 15 is 4.39 Å². The van der Waals surface area contributed by atoms with E-state index in [9.17, 15) is 0 Å². The number of nitrogens with zero attached hydrogens (tertiary/aromatic N) is 4. The summed E-state index contributed by atoms with van der Waals surface area (Å²) < 4.78 is 23.6. The van der Waals surface area contributed by atoms with Crippen molar-refractivity contribution < 1.29 is 9.13 Å². The Labute approximate surface area is 216 Å². The van der Waals surface area contributed by atoms with Gasteiger partial charge in [-0.15, -0.1) is 0 Å². The zero-order chi connectivity index (χ0) is 25.0. The molecule has 1 aliphatic heterocycles. The highest BCUT2D eigenvalue weighted by Gasteiger charge is 2.25. The summed E-state index contributed by atoms with van der Waals surface area (Å²) in [6.07, 6.45) is 3.20. The Morgan fingerprint density at radius 2 is 1.86 bits per heavy atom. The van der Waals surface area contributed by atoms with E-state index in [1.54, 1.807) is 25.4 Å². The number of hydrogen-bond acceptors (Lipinski definition) is 7. The summed E-state index contributed by atoms with van der Waals surface area (Å²) in [5.74, 6) is 0.205. The van der Waals surface area contributed by atoms with Gasteiger partial charge in [0.1, 0.15) is 5.82 Å². The van der Waals surface area contributed by atoms with Gasteiger partial charge in [0, 0.05) is 61.9 Å². The van der Waals surface area contributed by atoms with Gasteiger partial charge in [-0.2, -0.15) is 0 Å². The van der Waals surface area contributed by atoms with Crippen LogP contribution in [0, 0.1) is 5.82 Å². The Morgan fingerprint density at radius 1 is 1.09 bits per heavy atom. The van der Waals surface area contributed by atoms with Crippen LogP contribution in [-0.4, -0.2) is 58.6 Å². The second-order valence-electron chi connectivity index (χ2n) is 9.54. The van der Waals surface area contributed by atoms with Crippen molar-refractivity contribution in [2.24, 2.45) is 0 Å². The van der Waals surface area contributed by atoms with Gasteiger partial charge in [-0.1, -0.05) is 17.7 Å². The SMILES string of the molecule is COc1ncc(Cl)cc1SNc1ccnc(-c2ccc(CN3CCN(C(C)(C)C)CC3)cc2F)c1. The molecule has 0 spiro atoms. The molecule has 0 unspecified atom stereocenters. The van der Waals surface area contributed by atoms with Crippen LogP contribution in [0.3, 0.4) is 0 Å². The normalized spacial score (nSPS) is 15.3. The van der Waals surface area contributed by atoms with Crippen molar-refractivity contribution in [1.29, 1.82) is 0 Å². The van der Waals surface area contributed by atoms with Gasteiger partial charge in [0.05, 0.1) is 22.7 Å². The number of hydrogen-bond donors (Lipinski definition) is 1. The van der Waals surface area contributed by atoms with Gasteiger partial charge < -0.3 is 9.46 Å². The predicted octanol–water partition coefficient (Wildman–Crippen LogP) is 5.98. The molecular formula is C26H31ClFN5OS. The minimum atomic E-state index is -0.270. The minimum Gasteiger partial charge on any atom is -0.480 e. The lowest BCUT2D eigenvalue weighted by molar-refractivity contribution is 0.0591. The Bertz CT molecular complexity index is 1160. The maximum absolute atomic E-state index is 15.1. The molecule has 0 aliphatic carbocycles. The summed E-state index contributed by atoms with van der Waals surface area (Å²) in [6.45, 7) is 11.5. The maximum Gasteiger partial charge on any atom is 0.228 e. The van der Waals surface area contributed by atoms with Crippen molar-refractivity contribution in [2.75, 3.05) is 38.0 Å². The van der Waals surface area contributed by atoms with Crippen molar-refractivity contribution in [2.45, 2.75) is 37.8 Å². The fourth-order valence-corrected chi connectivity index (χ4v) is 5.08. The van der Waals surface area contributed by atoms with E-state index in [0.717, 1.165) is 48.9 Å². The topological polar surface area (TPSA) is 53.5 Å². The molecule has 0 atom stereocenters. The predicted molar refractivity (Wildman–Crippen MR) is 142 cm³/mol. The Balaban J connectivity index is 1.41. The van der Waals surface area contributed by atoms with Gasteiger partial charge in [0.2, 0.25) is 5.88 Å². The fraction of sp³-hybridized carbons (Fsp3) is 0.385. The number of ether oxygens (including phenoxy) is 1. The largest absolute Gasteiger partial charge is 0.480 e. The van der Waals surface area contributed by atoms with E-state index in [-0.39, 0.29) is 11.4 Å². The molecule has 0 bridgehead atoms. The third-order valence-corrected chi connectivity index (χ3v) is 7.11. The standard InChI is InChI=1S/C26H31ClFN5OS/c1-26(2,3)33-11-9-32(10-12-33)17-18-5-6-21(22(28)13-18)23-15-20(7-8-29-23)31-35-24-14-19(27)16-30-25(24)34-4/h5-8,13-16H,9-12,17H2,1-4H3,(H,29,31). The molecule has 1 fully saturated rings. The first-order valence-electron chi connectivity index (χ1n) is 11.6. The molecule has 1 aliphatic rings. The molecule has 1 N–H and O–H groups in total. The minimum absolute atomic E-state index is 0.186. The van der Waals surface area contributed by atoms with Gasteiger partial charge in [-0.3, -0.25) is 14.8 Å². The first-order valence-corrected chi connectivity index (χ1v) is 12.8. The number of halogens is 2. The van der Waals surface area contributed by atoms with Crippen LogP contribution in [0.5, 0.6) is 5.88 Å². The maximum atomic E-state index is 15.1. The molecule has 4 rings (SSSR count). The van der Waals surface area contributed by atoms with E-state index in [1.807, 2.05) is 24.3 Å². The molecule has 3 heterocycles. The second kappa shape index (κ2) is 11.1. The summed E-state index contributed by atoms with van der Waals surface area (Å²) in [4.78, 5) is 14.2. The molecule has 186 valence electrons. The van der Waals surface area contributed by atoms with Gasteiger partial charge in [-0.05, 0) is 68.6 Å². The molecule has 2 aromatic heterocycles. The molecule has 0 amide bonds. The first-order chi connectivity index (χ1) is 16.7. The third-order valence-electron chi connectivity index (χ3n) is 6.05. The fourth-order valence-electron chi connectivity index (χ4n) is 4.09. The number of anilines is 1. The summed E-state index contributed by atoms with van der Waals surface area (Å²) >= 11 is 7.38. The molecule has 3 aromatic rings. The Hall–Kier alpha value is -2.39. The van der Waals surface area contributed by atoms with Crippen LogP contribution in [0.25, 0.3) is 11.3 Å². The van der Waals surface area contributed by atoms with Crippen LogP contribution in [0.15, 0.2) is 53.7 Å². The van der Waals surface area contributed by atoms with Crippen molar-refractivity contribution >= 4 is 29.2 Å². The first kappa shape index (κ1) is 25.7. The van der Waals surface area contributed by atoms with E-state index in [2.05, 4.69) is 45.3 Å². The van der Waals surface area contributed by atoms with Gasteiger partial charge in [0.25, 0.3) is 0 Å². The smallest absolute Gasteiger partial charge is 0.228 e. The summed E-state index contributed by atoms with van der Waals surface area (Å²) in [6, 6.07) is 10.9. The van der Waals surface area contributed by atoms with Gasteiger partial charge in [-0.25, -0.2) is 9.37 Å². The Kier molecular flexibility index (Phi) is 8.16. The highest BCUT2D eigenvalue weighted by atomic mass is 35.5. The zero-order valence-corrected chi connectivity index (χ0v) is 22.1. The van der Waals surface area contributed by atoms with E-state index in [4.69, 9.17) is 16.3 Å². The van der Waals surface area contributed by atoms with Crippen molar-refractivity contribution in [3.8, 4) is 17.1 Å². The zero-order valence-electron chi connectivity index (χ0n) is 20.5. The summed E-state index contributed by atoms with van der Waals surface area (Å²) in [7, 11) is 1.56. The molecule has 9 heteroatoms. The average Bonchev–Trinajstić information content (AvgIpc) is 2.83. The number of benzene rings is 1. The lowest BCUT2D eigenvalue weighted by atomic mass is 10.0. The van der Waals surface area contributed by atoms with Crippen LogP contribution in [0.4, 0.5) is 10.1 Å². The van der Waals surface area contributed by atoms with Crippen molar-refractivity contribution in [1.82, 2.24) is 19.8 Å². The molecule has 0 saturated carbocycles. The molecule has 0 radical (unpaired) electrons. The average molecular weight is 516 g/mol. The highest BCUT2D eigenvalue weighted by Crippen LogP contribution is 2.32. The summed E-state index contributed by atoms with van der Waals surface area (Å²) in [5.41, 5.74) is 2.98. The van der Waals surface area contributed by atoms with E-state index < -0.39 is 0 Å². The highest BCUT2D eigenvalue weighted by molar-refractivity contribution is 8.00. The lowest BCUT2D eigenvalue weighted by Crippen LogP contribution is -2.53. The van der Waals surface area contributed by atoms with Crippen molar-refractivity contribution in [3.63, 3.8) is 0 Å². The van der Waals surface area contributed by atoms with Crippen LogP contribution < -0.4 is 9.46 Å². The van der Waals surface area contributed by atoms with E-state index in [1.165, 1.54) is 18.1 Å². The van der Waals surface area contributed by atoms with Gasteiger partial charge in [0.15, 0.2) is 0 Å². The number of methoxy groups -OCH3 is 1. The lowest BCUT2D eigenvalue weighted by Gasteiger charge is -2.42. The van der Waals surface area contributed by atoms with Crippen LogP contribution in [-0.2, 0) is 6.54 Å². The molecular weight excluding hydrogens is 485 g/mol. The van der Waals surface area contributed by atoms with Crippen LogP contribution >= 0.6 is 23.5 Å². The summed E-state index contributed by atoms with van der Waals surface area (Å²) in [5, 5.41) is 0.517. The van der Waals surface area contributed by atoms with E-state index in [0.29, 0.717) is 22.2 Å². The number of rotatable bonds is 7. The van der Waals surface area contributed by atoms with Crippen molar-refractivity contribution in [3.05, 3.63) is 65.2 Å². The number of nitrogens with one attached hydrogen (secondary N) is 1. The molecule has 1 aromatic carbocycles. The van der Waals surface area contributed by atoms with Gasteiger partial charge >= 0.3 is 0 Å². The number of pyridine rings is 2. The number of aromatic nitrogens is 2. The quantitative estimate of drug-likeness (QED) is 0.388.